The van der Waals surface area contributed by atoms with Gasteiger partial charge in [0.05, 0.1) is 6.20 Å². The molecule has 0 N–H and O–H groups in total. The first-order valence-electron chi connectivity index (χ1n) is 7.10. The van der Waals surface area contributed by atoms with Crippen molar-refractivity contribution in [3.05, 3.63) is 59.4 Å². The van der Waals surface area contributed by atoms with Gasteiger partial charge >= 0.3 is 12.4 Å². The molecule has 1 aromatic carbocycles. The summed E-state index contributed by atoms with van der Waals surface area (Å²) in [7, 11) is 0. The molecular weight excluding hydrogens is 369 g/mol. The number of furan rings is 1. The summed E-state index contributed by atoms with van der Waals surface area (Å²) in [6.45, 7) is -1.08. The fourth-order valence-electron chi connectivity index (χ4n) is 2.45. The van der Waals surface area contributed by atoms with Gasteiger partial charge in [-0.15, -0.1) is 0 Å². The van der Waals surface area contributed by atoms with Crippen molar-refractivity contribution in [3.63, 3.8) is 0 Å². The third-order valence-corrected chi connectivity index (χ3v) is 3.53. The predicted molar refractivity (Wildman–Crippen MR) is 76.1 cm³/mol. The van der Waals surface area contributed by atoms with E-state index < -0.39 is 36.2 Å². The Morgan fingerprint density at radius 1 is 0.962 bits per heavy atom. The van der Waals surface area contributed by atoms with Gasteiger partial charge in [0.25, 0.3) is 0 Å². The van der Waals surface area contributed by atoms with Crippen LogP contribution in [0.15, 0.2) is 47.0 Å². The van der Waals surface area contributed by atoms with Crippen LogP contribution in [0.4, 0.5) is 30.7 Å². The van der Waals surface area contributed by atoms with Crippen molar-refractivity contribution in [1.29, 1.82) is 0 Å². The number of nitrogens with zero attached hydrogens (tertiary/aromatic N) is 2. The van der Waals surface area contributed by atoms with Crippen LogP contribution in [0.3, 0.4) is 0 Å². The normalized spacial score (nSPS) is 12.6. The summed E-state index contributed by atoms with van der Waals surface area (Å²) in [6, 6.07) is 8.79. The molecule has 26 heavy (non-hydrogen) atoms. The summed E-state index contributed by atoms with van der Waals surface area (Å²) in [5, 5.41) is 3.16. The van der Waals surface area contributed by atoms with E-state index in [0.717, 1.165) is 6.07 Å². The zero-order valence-corrected chi connectivity index (χ0v) is 12.7. The molecule has 0 unspecified atom stereocenters. The average Bonchev–Trinajstić information content (AvgIpc) is 3.18. The number of hydrogen-bond donors (Lipinski definition) is 0. The first kappa shape index (κ1) is 18.0. The van der Waals surface area contributed by atoms with E-state index in [1.54, 1.807) is 18.2 Å². The van der Waals surface area contributed by atoms with Crippen LogP contribution in [-0.4, -0.2) is 9.78 Å². The summed E-state index contributed by atoms with van der Waals surface area (Å²) < 4.78 is 96.7. The quantitative estimate of drug-likeness (QED) is 0.553. The molecule has 0 bridgehead atoms. The van der Waals surface area contributed by atoms with E-state index in [0.29, 0.717) is 5.56 Å². The van der Waals surface area contributed by atoms with E-state index in [4.69, 9.17) is 4.42 Å². The highest BCUT2D eigenvalue weighted by Crippen LogP contribution is 2.42. The minimum atomic E-state index is -5.35. The fraction of sp³-hybridized carbons (Fsp3) is 0.188. The highest BCUT2D eigenvalue weighted by Gasteiger charge is 2.47. The van der Waals surface area contributed by atoms with Crippen LogP contribution < -0.4 is 0 Å². The second-order valence-corrected chi connectivity index (χ2v) is 5.25. The standard InChI is InChI=1S/C16H9F7N2O/c17-7-10-6-12(26-13(10)9-4-2-1-3-5-9)25-14(16(21,22)23)11(8-24-25)15(18,19)20/h1-6,8H,7H2. The Bertz CT molecular complexity index is 907. The Morgan fingerprint density at radius 2 is 1.62 bits per heavy atom. The Morgan fingerprint density at radius 3 is 2.15 bits per heavy atom. The second kappa shape index (κ2) is 6.19. The van der Waals surface area contributed by atoms with Crippen molar-refractivity contribution in [2.45, 2.75) is 19.0 Å². The van der Waals surface area contributed by atoms with Crippen LogP contribution >= 0.6 is 0 Å². The van der Waals surface area contributed by atoms with Crippen molar-refractivity contribution < 1.29 is 35.2 Å². The van der Waals surface area contributed by atoms with Crippen LogP contribution in [0.2, 0.25) is 0 Å². The molecular formula is C16H9F7N2O. The van der Waals surface area contributed by atoms with Gasteiger partial charge in [0.1, 0.15) is 18.0 Å². The largest absolute Gasteiger partial charge is 0.438 e. The molecule has 10 heteroatoms. The highest BCUT2D eigenvalue weighted by molar-refractivity contribution is 5.63. The van der Waals surface area contributed by atoms with Crippen LogP contribution in [0.1, 0.15) is 16.8 Å². The molecule has 2 heterocycles. The molecule has 0 amide bonds. The zero-order chi connectivity index (χ0) is 19.1. The Labute approximate surface area is 141 Å². The number of halogens is 7. The van der Waals surface area contributed by atoms with Crippen LogP contribution in [-0.2, 0) is 19.0 Å². The molecule has 0 spiro atoms. The summed E-state index contributed by atoms with van der Waals surface area (Å²) in [6.07, 6.45) is -10.6. The lowest BCUT2D eigenvalue weighted by molar-refractivity contribution is -0.165. The molecule has 0 aliphatic rings. The molecule has 3 aromatic rings. The minimum Gasteiger partial charge on any atom is -0.438 e. The van der Waals surface area contributed by atoms with Gasteiger partial charge < -0.3 is 4.42 Å². The van der Waals surface area contributed by atoms with Crippen LogP contribution in [0.5, 0.6) is 0 Å². The number of aromatic nitrogens is 2. The Hall–Kier alpha value is -2.78. The molecule has 0 aliphatic heterocycles. The third kappa shape index (κ3) is 3.18. The molecule has 0 radical (unpaired) electrons. The molecule has 0 aliphatic carbocycles. The van der Waals surface area contributed by atoms with Crippen molar-refractivity contribution in [1.82, 2.24) is 9.78 Å². The van der Waals surface area contributed by atoms with E-state index >= 15 is 0 Å². The first-order valence-corrected chi connectivity index (χ1v) is 7.10. The fourth-order valence-corrected chi connectivity index (χ4v) is 2.45. The number of hydrogen-bond acceptors (Lipinski definition) is 2. The molecule has 0 atom stereocenters. The predicted octanol–water partition coefficient (Wildman–Crippen LogP) is 5.64. The Kier molecular flexibility index (Phi) is 4.29. The molecule has 0 fully saturated rings. The monoisotopic (exact) mass is 378 g/mol. The minimum absolute atomic E-state index is 0.0194. The van der Waals surface area contributed by atoms with Gasteiger partial charge in [-0.1, -0.05) is 30.3 Å². The molecule has 2 aromatic heterocycles. The lowest BCUT2D eigenvalue weighted by atomic mass is 10.1. The van der Waals surface area contributed by atoms with Gasteiger partial charge in [-0.2, -0.15) is 36.1 Å². The van der Waals surface area contributed by atoms with Crippen molar-refractivity contribution in [2.75, 3.05) is 0 Å². The van der Waals surface area contributed by atoms with E-state index in [1.807, 2.05) is 0 Å². The maximum atomic E-state index is 13.2. The smallest absolute Gasteiger partial charge is 0.434 e. The molecule has 3 nitrogen and oxygen atoms in total. The molecule has 3 rings (SSSR count). The van der Waals surface area contributed by atoms with E-state index in [9.17, 15) is 30.7 Å². The first-order chi connectivity index (χ1) is 12.1. The average molecular weight is 378 g/mol. The molecule has 0 saturated carbocycles. The van der Waals surface area contributed by atoms with Crippen molar-refractivity contribution >= 4 is 0 Å². The summed E-state index contributed by atoms with van der Waals surface area (Å²) in [5.74, 6) is -0.750. The lowest BCUT2D eigenvalue weighted by Crippen LogP contribution is -2.19. The van der Waals surface area contributed by atoms with Gasteiger partial charge in [-0.05, 0) is 0 Å². The van der Waals surface area contributed by atoms with Crippen LogP contribution in [0.25, 0.3) is 17.2 Å². The van der Waals surface area contributed by atoms with E-state index in [1.165, 1.54) is 12.1 Å². The molecule has 0 saturated heterocycles. The lowest BCUT2D eigenvalue weighted by Gasteiger charge is -2.12. The van der Waals surface area contributed by atoms with Crippen LogP contribution in [0, 0.1) is 0 Å². The summed E-state index contributed by atoms with van der Waals surface area (Å²) in [4.78, 5) is 0. The van der Waals surface area contributed by atoms with Gasteiger partial charge in [0, 0.05) is 17.2 Å². The zero-order valence-electron chi connectivity index (χ0n) is 12.7. The number of rotatable bonds is 3. The third-order valence-electron chi connectivity index (χ3n) is 3.53. The maximum Gasteiger partial charge on any atom is 0.434 e. The van der Waals surface area contributed by atoms with Gasteiger partial charge in [0.15, 0.2) is 5.69 Å². The summed E-state index contributed by atoms with van der Waals surface area (Å²) in [5.41, 5.74) is -3.74. The highest BCUT2D eigenvalue weighted by atomic mass is 19.4. The Balaban J connectivity index is 2.20. The van der Waals surface area contributed by atoms with E-state index in [-0.39, 0.29) is 22.2 Å². The second-order valence-electron chi connectivity index (χ2n) is 5.25. The van der Waals surface area contributed by atoms with Crippen molar-refractivity contribution in [3.8, 4) is 17.2 Å². The van der Waals surface area contributed by atoms with Gasteiger partial charge in [-0.3, -0.25) is 0 Å². The molecule has 138 valence electrons. The van der Waals surface area contributed by atoms with Crippen molar-refractivity contribution in [2.24, 2.45) is 0 Å². The topological polar surface area (TPSA) is 31.0 Å². The van der Waals surface area contributed by atoms with Gasteiger partial charge in [0.2, 0.25) is 5.88 Å². The maximum absolute atomic E-state index is 13.2. The van der Waals surface area contributed by atoms with Gasteiger partial charge in [-0.25, -0.2) is 4.39 Å². The SMILES string of the molecule is FCc1cc(-n2ncc(C(F)(F)F)c2C(F)(F)F)oc1-c1ccccc1. The van der Waals surface area contributed by atoms with E-state index in [2.05, 4.69) is 5.10 Å². The number of benzene rings is 1. The number of alkyl halides is 7. The summed E-state index contributed by atoms with van der Waals surface area (Å²) >= 11 is 0.